The van der Waals surface area contributed by atoms with Crippen LogP contribution in [0.4, 0.5) is 5.69 Å². The predicted octanol–water partition coefficient (Wildman–Crippen LogP) is 2.44. The van der Waals surface area contributed by atoms with Crippen LogP contribution >= 0.6 is 11.6 Å². The van der Waals surface area contributed by atoms with Crippen molar-refractivity contribution in [3.05, 3.63) is 28.8 Å². The van der Waals surface area contributed by atoms with Gasteiger partial charge in [-0.25, -0.2) is 0 Å². The Labute approximate surface area is 83.5 Å². The number of hydrogen-bond donors (Lipinski definition) is 2. The minimum atomic E-state index is -0.347. The quantitative estimate of drug-likeness (QED) is 0.784. The van der Waals surface area contributed by atoms with E-state index in [0.717, 1.165) is 16.3 Å². The molecule has 0 fully saturated rings. The van der Waals surface area contributed by atoms with Gasteiger partial charge in [-0.05, 0) is 31.5 Å². The smallest absolute Gasteiger partial charge is 0.0684 e. The molecule has 1 aromatic carbocycles. The number of hydrogen-bond acceptors (Lipinski definition) is 2. The fraction of sp³-hybridized carbons (Fsp3) is 0.400. The van der Waals surface area contributed by atoms with Crippen LogP contribution in [0.15, 0.2) is 18.2 Å². The summed E-state index contributed by atoms with van der Waals surface area (Å²) in [5.74, 6) is 0. The number of anilines is 1. The van der Waals surface area contributed by atoms with Gasteiger partial charge in [0, 0.05) is 17.3 Å². The van der Waals surface area contributed by atoms with Crippen molar-refractivity contribution in [2.24, 2.45) is 0 Å². The third-order valence-electron chi connectivity index (χ3n) is 1.77. The average molecular weight is 200 g/mol. The van der Waals surface area contributed by atoms with Gasteiger partial charge in [0.15, 0.2) is 0 Å². The lowest BCUT2D eigenvalue weighted by Crippen LogP contribution is -2.15. The first-order chi connectivity index (χ1) is 6.09. The largest absolute Gasteiger partial charge is 0.392 e. The Morgan fingerprint density at radius 2 is 2.23 bits per heavy atom. The Balaban J connectivity index is 2.63. The van der Waals surface area contributed by atoms with Gasteiger partial charge < -0.3 is 10.4 Å². The topological polar surface area (TPSA) is 32.3 Å². The maximum absolute atomic E-state index is 9.04. The molecule has 1 rings (SSSR count). The Hall–Kier alpha value is -0.730. The van der Waals surface area contributed by atoms with E-state index in [4.69, 9.17) is 16.7 Å². The highest BCUT2D eigenvalue weighted by molar-refractivity contribution is 6.31. The molecule has 2 N–H and O–H groups in total. The first kappa shape index (κ1) is 10.4. The zero-order valence-corrected chi connectivity index (χ0v) is 8.60. The first-order valence-corrected chi connectivity index (χ1v) is 4.65. The zero-order chi connectivity index (χ0) is 9.84. The summed E-state index contributed by atoms with van der Waals surface area (Å²) in [6, 6.07) is 5.76. The van der Waals surface area contributed by atoms with Crippen LogP contribution in [0.2, 0.25) is 5.02 Å². The highest BCUT2D eigenvalue weighted by Crippen LogP contribution is 2.19. The van der Waals surface area contributed by atoms with Crippen molar-refractivity contribution in [3.8, 4) is 0 Å². The minimum Gasteiger partial charge on any atom is -0.392 e. The molecular formula is C10H14ClNO. The second-order valence-corrected chi connectivity index (χ2v) is 3.60. The van der Waals surface area contributed by atoms with Gasteiger partial charge in [-0.2, -0.15) is 0 Å². The molecule has 0 radical (unpaired) electrons. The van der Waals surface area contributed by atoms with Crippen molar-refractivity contribution in [2.75, 3.05) is 11.9 Å². The van der Waals surface area contributed by atoms with Crippen molar-refractivity contribution in [1.29, 1.82) is 0 Å². The summed E-state index contributed by atoms with van der Waals surface area (Å²) < 4.78 is 0. The van der Waals surface area contributed by atoms with Crippen LogP contribution in [0.1, 0.15) is 12.5 Å². The van der Waals surface area contributed by atoms with Crippen molar-refractivity contribution in [1.82, 2.24) is 0 Å². The lowest BCUT2D eigenvalue weighted by atomic mass is 10.2. The van der Waals surface area contributed by atoms with Gasteiger partial charge in [-0.3, -0.25) is 0 Å². The second-order valence-electron chi connectivity index (χ2n) is 3.19. The number of nitrogens with one attached hydrogen (secondary N) is 1. The highest BCUT2D eigenvalue weighted by atomic mass is 35.5. The molecule has 0 aliphatic heterocycles. The second kappa shape index (κ2) is 4.49. The molecule has 0 aliphatic carbocycles. The van der Waals surface area contributed by atoms with Crippen LogP contribution in [0.5, 0.6) is 0 Å². The number of halogens is 1. The van der Waals surface area contributed by atoms with Crippen LogP contribution in [0, 0.1) is 6.92 Å². The Morgan fingerprint density at radius 3 is 2.77 bits per heavy atom. The molecule has 2 nitrogen and oxygen atoms in total. The molecule has 0 amide bonds. The van der Waals surface area contributed by atoms with Gasteiger partial charge in [0.25, 0.3) is 0 Å². The van der Waals surface area contributed by atoms with E-state index in [1.165, 1.54) is 0 Å². The predicted molar refractivity (Wildman–Crippen MR) is 56.4 cm³/mol. The normalized spacial score (nSPS) is 12.6. The lowest BCUT2D eigenvalue weighted by Gasteiger charge is -2.09. The van der Waals surface area contributed by atoms with Crippen molar-refractivity contribution < 1.29 is 5.11 Å². The summed E-state index contributed by atoms with van der Waals surface area (Å²) in [6.07, 6.45) is -0.347. The summed E-state index contributed by atoms with van der Waals surface area (Å²) in [5.41, 5.74) is 2.00. The molecule has 0 heterocycles. The van der Waals surface area contributed by atoms with Gasteiger partial charge in [-0.1, -0.05) is 17.7 Å². The van der Waals surface area contributed by atoms with Gasteiger partial charge >= 0.3 is 0 Å². The summed E-state index contributed by atoms with van der Waals surface area (Å²) >= 11 is 5.93. The molecule has 0 bridgehead atoms. The van der Waals surface area contributed by atoms with Crippen molar-refractivity contribution in [3.63, 3.8) is 0 Å². The fourth-order valence-electron chi connectivity index (χ4n) is 0.968. The molecule has 0 saturated carbocycles. The minimum absolute atomic E-state index is 0.347. The maximum Gasteiger partial charge on any atom is 0.0684 e. The SMILES string of the molecule is Cc1ccc(NC[C@@H](C)O)cc1Cl. The van der Waals surface area contributed by atoms with Crippen molar-refractivity contribution >= 4 is 17.3 Å². The molecule has 3 heteroatoms. The monoisotopic (exact) mass is 199 g/mol. The van der Waals surface area contributed by atoms with Gasteiger partial charge in [0.1, 0.15) is 0 Å². The summed E-state index contributed by atoms with van der Waals surface area (Å²) in [6.45, 7) is 4.24. The Bertz CT molecular complexity index is 286. The van der Waals surface area contributed by atoms with E-state index in [2.05, 4.69) is 5.32 Å². The molecule has 0 aromatic heterocycles. The van der Waals surface area contributed by atoms with Crippen LogP contribution in [0.3, 0.4) is 0 Å². The molecule has 72 valence electrons. The number of benzene rings is 1. The molecule has 0 aliphatic rings. The molecule has 1 aromatic rings. The van der Waals surface area contributed by atoms with E-state index in [-0.39, 0.29) is 6.10 Å². The number of aryl methyl sites for hydroxylation is 1. The standard InChI is InChI=1S/C10H14ClNO/c1-7-3-4-9(5-10(7)11)12-6-8(2)13/h3-5,8,12-13H,6H2,1-2H3/t8-/m1/s1. The average Bonchev–Trinajstić information content (AvgIpc) is 2.07. The Kier molecular flexibility index (Phi) is 3.58. The molecule has 0 saturated heterocycles. The van der Waals surface area contributed by atoms with Crippen LogP contribution in [-0.2, 0) is 0 Å². The highest BCUT2D eigenvalue weighted by Gasteiger charge is 1.98. The van der Waals surface area contributed by atoms with E-state index in [1.807, 2.05) is 25.1 Å². The fourth-order valence-corrected chi connectivity index (χ4v) is 1.15. The maximum atomic E-state index is 9.04. The van der Waals surface area contributed by atoms with Crippen LogP contribution < -0.4 is 5.32 Å². The third kappa shape index (κ3) is 3.25. The van der Waals surface area contributed by atoms with Gasteiger partial charge in [0.2, 0.25) is 0 Å². The zero-order valence-electron chi connectivity index (χ0n) is 7.84. The van der Waals surface area contributed by atoms with Crippen LogP contribution in [0.25, 0.3) is 0 Å². The van der Waals surface area contributed by atoms with E-state index in [9.17, 15) is 0 Å². The Morgan fingerprint density at radius 1 is 1.54 bits per heavy atom. The van der Waals surface area contributed by atoms with Gasteiger partial charge in [-0.15, -0.1) is 0 Å². The van der Waals surface area contributed by atoms with E-state index in [0.29, 0.717) is 6.54 Å². The van der Waals surface area contributed by atoms with Crippen LogP contribution in [-0.4, -0.2) is 17.8 Å². The molecule has 1 atom stereocenters. The van der Waals surface area contributed by atoms with E-state index in [1.54, 1.807) is 6.92 Å². The van der Waals surface area contributed by atoms with E-state index >= 15 is 0 Å². The van der Waals surface area contributed by atoms with E-state index < -0.39 is 0 Å². The number of aliphatic hydroxyl groups is 1. The summed E-state index contributed by atoms with van der Waals surface area (Å²) in [5, 5.41) is 12.9. The number of aliphatic hydroxyl groups excluding tert-OH is 1. The molecule has 13 heavy (non-hydrogen) atoms. The first-order valence-electron chi connectivity index (χ1n) is 4.27. The number of rotatable bonds is 3. The molecule has 0 unspecified atom stereocenters. The molecular weight excluding hydrogens is 186 g/mol. The third-order valence-corrected chi connectivity index (χ3v) is 2.18. The lowest BCUT2D eigenvalue weighted by molar-refractivity contribution is 0.208. The summed E-state index contributed by atoms with van der Waals surface area (Å²) in [7, 11) is 0. The van der Waals surface area contributed by atoms with Crippen molar-refractivity contribution in [2.45, 2.75) is 20.0 Å². The van der Waals surface area contributed by atoms with Gasteiger partial charge in [0.05, 0.1) is 6.10 Å². The molecule has 0 spiro atoms. The summed E-state index contributed by atoms with van der Waals surface area (Å²) in [4.78, 5) is 0.